The molecule has 126 valence electrons. The number of carbonyl (C=O) groups is 1. The number of nitrogens with zero attached hydrogens (tertiary/aromatic N) is 3. The van der Waals surface area contributed by atoms with E-state index in [1.165, 1.54) is 6.07 Å². The van der Waals surface area contributed by atoms with Gasteiger partial charge >= 0.3 is 0 Å². The molecule has 1 fully saturated rings. The van der Waals surface area contributed by atoms with Crippen LogP contribution in [0.4, 0.5) is 11.4 Å². The summed E-state index contributed by atoms with van der Waals surface area (Å²) in [6.07, 6.45) is 0. The topological polar surface area (TPSA) is 88.0 Å². The fourth-order valence-corrected chi connectivity index (χ4v) is 2.44. The summed E-state index contributed by atoms with van der Waals surface area (Å²) in [5.41, 5.74) is 0.694. The van der Waals surface area contributed by atoms with Crippen LogP contribution in [0, 0.1) is 10.1 Å². The van der Waals surface area contributed by atoms with Gasteiger partial charge in [0.2, 0.25) is 0 Å². The number of nitro benzene ring substituents is 1. The Morgan fingerprint density at radius 1 is 1.39 bits per heavy atom. The second-order valence-electron chi connectivity index (χ2n) is 5.56. The molecule has 1 aromatic rings. The molecule has 8 nitrogen and oxygen atoms in total. The van der Waals surface area contributed by atoms with E-state index in [0.29, 0.717) is 31.0 Å². The molecule has 0 saturated carbocycles. The third-order valence-electron chi connectivity index (χ3n) is 3.73. The molecule has 0 spiro atoms. The van der Waals surface area contributed by atoms with Gasteiger partial charge in [-0.15, -0.1) is 0 Å². The number of amides is 1. The summed E-state index contributed by atoms with van der Waals surface area (Å²) in [7, 11) is 3.45. The van der Waals surface area contributed by atoms with E-state index >= 15 is 0 Å². The zero-order chi connectivity index (χ0) is 16.8. The molecule has 1 heterocycles. The van der Waals surface area contributed by atoms with E-state index in [1.54, 1.807) is 31.1 Å². The highest BCUT2D eigenvalue weighted by atomic mass is 16.6. The first kappa shape index (κ1) is 17.2. The largest absolute Gasteiger partial charge is 0.379 e. The molecule has 0 atom stereocenters. The average Bonchev–Trinajstić information content (AvgIpc) is 2.55. The first-order valence-electron chi connectivity index (χ1n) is 7.53. The van der Waals surface area contributed by atoms with Crippen molar-refractivity contribution in [3.05, 3.63) is 33.9 Å². The molecule has 0 aromatic heterocycles. The van der Waals surface area contributed by atoms with Crippen LogP contribution in [-0.2, 0) is 4.74 Å². The van der Waals surface area contributed by atoms with Gasteiger partial charge in [-0.25, -0.2) is 0 Å². The SMILES string of the molecule is CN(C)c1ccc(C(=O)NCCN2CCOCC2)cc1[N+](=O)[O-]. The van der Waals surface area contributed by atoms with Gasteiger partial charge in [0.25, 0.3) is 11.6 Å². The number of rotatable bonds is 6. The van der Waals surface area contributed by atoms with Gasteiger partial charge in [-0.3, -0.25) is 19.8 Å². The average molecular weight is 322 g/mol. The summed E-state index contributed by atoms with van der Waals surface area (Å²) in [5.74, 6) is -0.299. The summed E-state index contributed by atoms with van der Waals surface area (Å²) >= 11 is 0. The number of hydrogen-bond acceptors (Lipinski definition) is 6. The summed E-state index contributed by atoms with van der Waals surface area (Å²) in [4.78, 5) is 26.7. The zero-order valence-corrected chi connectivity index (χ0v) is 13.4. The molecule has 2 rings (SSSR count). The first-order chi connectivity index (χ1) is 11.0. The predicted octanol–water partition coefficient (Wildman–Crippen LogP) is 0.723. The molecule has 0 radical (unpaired) electrons. The first-order valence-corrected chi connectivity index (χ1v) is 7.53. The lowest BCUT2D eigenvalue weighted by molar-refractivity contribution is -0.384. The molecule has 1 saturated heterocycles. The Morgan fingerprint density at radius 2 is 2.09 bits per heavy atom. The molecular weight excluding hydrogens is 300 g/mol. The molecule has 8 heteroatoms. The Labute approximate surface area is 135 Å². The maximum atomic E-state index is 12.2. The van der Waals surface area contributed by atoms with Gasteiger partial charge in [0, 0.05) is 51.9 Å². The van der Waals surface area contributed by atoms with Crippen molar-refractivity contribution in [2.75, 3.05) is 58.4 Å². The number of hydrogen-bond donors (Lipinski definition) is 1. The number of nitrogens with one attached hydrogen (secondary N) is 1. The molecule has 1 N–H and O–H groups in total. The van der Waals surface area contributed by atoms with E-state index in [4.69, 9.17) is 4.74 Å². The van der Waals surface area contributed by atoms with Gasteiger partial charge in [0.1, 0.15) is 5.69 Å². The third kappa shape index (κ3) is 4.64. The van der Waals surface area contributed by atoms with Gasteiger partial charge in [-0.1, -0.05) is 0 Å². The van der Waals surface area contributed by atoms with Crippen LogP contribution >= 0.6 is 0 Å². The van der Waals surface area contributed by atoms with Crippen LogP contribution in [0.15, 0.2) is 18.2 Å². The highest BCUT2D eigenvalue weighted by Crippen LogP contribution is 2.27. The van der Waals surface area contributed by atoms with Crippen LogP contribution in [0.1, 0.15) is 10.4 Å². The second kappa shape index (κ2) is 7.89. The van der Waals surface area contributed by atoms with Gasteiger partial charge in [-0.2, -0.15) is 0 Å². The van der Waals surface area contributed by atoms with Gasteiger partial charge < -0.3 is 15.0 Å². The van der Waals surface area contributed by atoms with Crippen molar-refractivity contribution in [3.63, 3.8) is 0 Å². The predicted molar refractivity (Wildman–Crippen MR) is 87.0 cm³/mol. The molecule has 23 heavy (non-hydrogen) atoms. The Hall–Kier alpha value is -2.19. The van der Waals surface area contributed by atoms with Crippen molar-refractivity contribution in [1.82, 2.24) is 10.2 Å². The van der Waals surface area contributed by atoms with Crippen LogP contribution in [0.3, 0.4) is 0 Å². The number of benzene rings is 1. The Bertz CT molecular complexity index is 571. The molecule has 0 bridgehead atoms. The number of morpholine rings is 1. The normalized spacial score (nSPS) is 15.2. The minimum Gasteiger partial charge on any atom is -0.379 e. The van der Waals surface area contributed by atoms with E-state index in [9.17, 15) is 14.9 Å². The van der Waals surface area contributed by atoms with Gasteiger partial charge in [0.05, 0.1) is 18.1 Å². The van der Waals surface area contributed by atoms with E-state index < -0.39 is 4.92 Å². The zero-order valence-electron chi connectivity index (χ0n) is 13.4. The summed E-state index contributed by atoms with van der Waals surface area (Å²) in [6.45, 7) is 4.39. The van der Waals surface area contributed by atoms with E-state index in [0.717, 1.165) is 19.6 Å². The highest BCUT2D eigenvalue weighted by Gasteiger charge is 2.19. The maximum Gasteiger partial charge on any atom is 0.293 e. The van der Waals surface area contributed by atoms with Gasteiger partial charge in [-0.05, 0) is 12.1 Å². The Balaban J connectivity index is 1.96. The van der Waals surface area contributed by atoms with Crippen molar-refractivity contribution in [3.8, 4) is 0 Å². The van der Waals surface area contributed by atoms with Crippen LogP contribution in [0.25, 0.3) is 0 Å². The summed E-state index contributed by atoms with van der Waals surface area (Å²) < 4.78 is 5.27. The van der Waals surface area contributed by atoms with Crippen molar-refractivity contribution in [2.24, 2.45) is 0 Å². The quantitative estimate of drug-likeness (QED) is 0.613. The van der Waals surface area contributed by atoms with Crippen LogP contribution in [-0.4, -0.2) is 69.2 Å². The van der Waals surface area contributed by atoms with Crippen LogP contribution in [0.5, 0.6) is 0 Å². The van der Waals surface area contributed by atoms with Crippen LogP contribution in [0.2, 0.25) is 0 Å². The fourth-order valence-electron chi connectivity index (χ4n) is 2.44. The smallest absolute Gasteiger partial charge is 0.293 e. The van der Waals surface area contributed by atoms with E-state index in [-0.39, 0.29) is 11.6 Å². The lowest BCUT2D eigenvalue weighted by Crippen LogP contribution is -2.41. The fraction of sp³-hybridized carbons (Fsp3) is 0.533. The number of ether oxygens (including phenoxy) is 1. The maximum absolute atomic E-state index is 12.2. The molecule has 1 aliphatic rings. The van der Waals surface area contributed by atoms with Gasteiger partial charge in [0.15, 0.2) is 0 Å². The Kier molecular flexibility index (Phi) is 5.89. The van der Waals surface area contributed by atoms with E-state index in [1.807, 2.05) is 0 Å². The molecule has 0 unspecified atom stereocenters. The lowest BCUT2D eigenvalue weighted by Gasteiger charge is -2.26. The van der Waals surface area contributed by atoms with Crippen molar-refractivity contribution in [2.45, 2.75) is 0 Å². The van der Waals surface area contributed by atoms with Crippen LogP contribution < -0.4 is 10.2 Å². The molecule has 1 aromatic carbocycles. The third-order valence-corrected chi connectivity index (χ3v) is 3.73. The minimum absolute atomic E-state index is 0.0733. The number of nitro groups is 1. The number of anilines is 1. The highest BCUT2D eigenvalue weighted by molar-refractivity contribution is 5.95. The standard InChI is InChI=1S/C15H22N4O4/c1-17(2)13-4-3-12(11-14(13)19(21)22)15(20)16-5-6-18-7-9-23-10-8-18/h3-4,11H,5-10H2,1-2H3,(H,16,20). The van der Waals surface area contributed by atoms with E-state index in [2.05, 4.69) is 10.2 Å². The number of carbonyl (C=O) groups excluding carboxylic acids is 1. The molecular formula is C15H22N4O4. The van der Waals surface area contributed by atoms with Crippen molar-refractivity contribution >= 4 is 17.3 Å². The monoisotopic (exact) mass is 322 g/mol. The second-order valence-corrected chi connectivity index (χ2v) is 5.56. The summed E-state index contributed by atoms with van der Waals surface area (Å²) in [6, 6.07) is 4.51. The molecule has 1 amide bonds. The lowest BCUT2D eigenvalue weighted by atomic mass is 10.1. The Morgan fingerprint density at radius 3 is 2.70 bits per heavy atom. The summed E-state index contributed by atoms with van der Waals surface area (Å²) in [5, 5.41) is 14.0. The van der Waals surface area contributed by atoms with Crippen molar-refractivity contribution < 1.29 is 14.5 Å². The van der Waals surface area contributed by atoms with Crippen molar-refractivity contribution in [1.29, 1.82) is 0 Å². The molecule has 1 aliphatic heterocycles. The molecule has 0 aliphatic carbocycles. The minimum atomic E-state index is -0.472.